The Labute approximate surface area is 203 Å². The quantitative estimate of drug-likeness (QED) is 0.269. The molecule has 0 amide bonds. The second-order valence-corrected chi connectivity index (χ2v) is 9.00. The van der Waals surface area contributed by atoms with Gasteiger partial charge in [0, 0.05) is 52.5 Å². The van der Waals surface area contributed by atoms with Crippen molar-refractivity contribution < 1.29 is 32.3 Å². The number of nitrogens with zero attached hydrogens (tertiary/aromatic N) is 2. The molecule has 4 aromatic rings. The second-order valence-electron chi connectivity index (χ2n) is 7.95. The molecule has 1 N–H and O–H groups in total. The highest BCUT2D eigenvalue weighted by Gasteiger charge is 2.30. The number of hydrogen-bond acceptors (Lipinski definition) is 5. The first-order valence-electron chi connectivity index (χ1n) is 10.8. The van der Waals surface area contributed by atoms with E-state index in [1.165, 1.54) is 23.9 Å². The van der Waals surface area contributed by atoms with Crippen molar-refractivity contribution >= 4 is 28.6 Å². The zero-order valence-corrected chi connectivity index (χ0v) is 19.9. The number of ether oxygens (including phenoxy) is 1. The molecule has 0 saturated heterocycles. The molecule has 0 saturated carbocycles. The number of hydrogen-bond donors (Lipinski definition) is 1. The molecule has 0 fully saturated rings. The highest BCUT2D eigenvalue weighted by Crippen LogP contribution is 2.35. The van der Waals surface area contributed by atoms with Crippen LogP contribution in [0.15, 0.2) is 58.1 Å². The maximum Gasteiger partial charge on any atom is 0.416 e. The van der Waals surface area contributed by atoms with Crippen LogP contribution in [0.1, 0.15) is 29.3 Å². The van der Waals surface area contributed by atoms with Crippen LogP contribution in [0, 0.1) is 0 Å². The molecule has 0 bridgehead atoms. The zero-order valence-electron chi connectivity index (χ0n) is 19.1. The van der Waals surface area contributed by atoms with Crippen LogP contribution in [0.3, 0.4) is 0 Å². The van der Waals surface area contributed by atoms with Gasteiger partial charge in [0.15, 0.2) is 5.76 Å². The normalized spacial score (nSPS) is 11.9. The van der Waals surface area contributed by atoms with Crippen LogP contribution in [-0.2, 0) is 41.5 Å². The molecule has 2 aromatic heterocycles. The highest BCUT2D eigenvalue weighted by atomic mass is 32.2. The highest BCUT2D eigenvalue weighted by molar-refractivity contribution is 7.98. The van der Waals surface area contributed by atoms with Crippen LogP contribution < -0.4 is 0 Å². The maximum absolute atomic E-state index is 12.9. The largest absolute Gasteiger partial charge is 0.481 e. The third-order valence-electron chi connectivity index (χ3n) is 5.56. The van der Waals surface area contributed by atoms with Gasteiger partial charge in [0.2, 0.25) is 0 Å². The van der Waals surface area contributed by atoms with Crippen molar-refractivity contribution in [3.8, 4) is 11.3 Å². The molecule has 0 aliphatic heterocycles. The fraction of sp³-hybridized carbons (Fsp3) is 0.280. The number of halogens is 3. The number of carboxylic acids is 1. The number of fused-ring (bicyclic) bond motifs is 1. The fourth-order valence-electron chi connectivity index (χ4n) is 3.84. The van der Waals surface area contributed by atoms with Crippen molar-refractivity contribution in [1.29, 1.82) is 0 Å². The molecule has 0 spiro atoms. The molecule has 184 valence electrons. The van der Waals surface area contributed by atoms with E-state index >= 15 is 0 Å². The molecule has 10 heteroatoms. The van der Waals surface area contributed by atoms with Gasteiger partial charge >= 0.3 is 12.1 Å². The first-order chi connectivity index (χ1) is 16.7. The summed E-state index contributed by atoms with van der Waals surface area (Å²) < 4.78 is 51.8. The minimum Gasteiger partial charge on any atom is -0.481 e. The Morgan fingerprint density at radius 3 is 2.60 bits per heavy atom. The van der Waals surface area contributed by atoms with Crippen molar-refractivity contribution in [2.75, 3.05) is 6.61 Å². The Bertz CT molecular complexity index is 1340. The Hall–Kier alpha value is -3.24. The van der Waals surface area contributed by atoms with Crippen LogP contribution in [0.2, 0.25) is 0 Å². The number of aromatic nitrogens is 2. The fourth-order valence-corrected chi connectivity index (χ4v) is 4.73. The molecule has 0 aliphatic carbocycles. The van der Waals surface area contributed by atoms with Gasteiger partial charge in [0.05, 0.1) is 24.3 Å². The van der Waals surface area contributed by atoms with Gasteiger partial charge in [0.25, 0.3) is 0 Å². The van der Waals surface area contributed by atoms with Crippen LogP contribution in [0.4, 0.5) is 13.2 Å². The minimum atomic E-state index is -4.41. The Morgan fingerprint density at radius 2 is 1.94 bits per heavy atom. The first-order valence-corrected chi connectivity index (χ1v) is 11.8. The number of aliphatic carboxylic acids is 1. The lowest BCUT2D eigenvalue weighted by atomic mass is 10.1. The number of alkyl halides is 3. The average Bonchev–Trinajstić information content (AvgIpc) is 3.35. The molecule has 35 heavy (non-hydrogen) atoms. The van der Waals surface area contributed by atoms with E-state index in [0.717, 1.165) is 33.5 Å². The monoisotopic (exact) mass is 504 g/mol. The van der Waals surface area contributed by atoms with Gasteiger partial charge in [-0.25, -0.2) is 0 Å². The van der Waals surface area contributed by atoms with E-state index in [2.05, 4.69) is 5.16 Å². The van der Waals surface area contributed by atoms with Crippen molar-refractivity contribution in [3.05, 3.63) is 71.0 Å². The number of carbonyl (C=O) groups is 1. The number of thioether (sulfide) groups is 1. The zero-order chi connectivity index (χ0) is 25.2. The predicted molar refractivity (Wildman–Crippen MR) is 126 cm³/mol. The van der Waals surface area contributed by atoms with E-state index in [9.17, 15) is 18.0 Å². The molecule has 6 nitrogen and oxygen atoms in total. The molecule has 0 atom stereocenters. The van der Waals surface area contributed by atoms with E-state index in [4.69, 9.17) is 14.4 Å². The number of aryl methyl sites for hydroxylation is 1. The summed E-state index contributed by atoms with van der Waals surface area (Å²) in [6, 6.07) is 10.6. The van der Waals surface area contributed by atoms with Gasteiger partial charge in [0.1, 0.15) is 0 Å². The van der Waals surface area contributed by atoms with Gasteiger partial charge in [-0.15, -0.1) is 11.8 Å². The SMILES string of the molecule is CCOCc1c(CSc2ccc3c(CC(=O)O)cn(C)c3c2)noc1-c1ccc(C(F)(F)F)cc1. The summed E-state index contributed by atoms with van der Waals surface area (Å²) in [4.78, 5) is 12.1. The summed E-state index contributed by atoms with van der Waals surface area (Å²) in [5, 5.41) is 14.2. The summed E-state index contributed by atoms with van der Waals surface area (Å²) in [5.41, 5.74) is 2.78. The van der Waals surface area contributed by atoms with Crippen molar-refractivity contribution in [2.45, 2.75) is 36.8 Å². The summed E-state index contributed by atoms with van der Waals surface area (Å²) in [6.45, 7) is 2.54. The second kappa shape index (κ2) is 10.2. The molecule has 0 aliphatic rings. The predicted octanol–water partition coefficient (Wildman–Crippen LogP) is 6.31. The van der Waals surface area contributed by atoms with Crippen molar-refractivity contribution in [2.24, 2.45) is 7.05 Å². The standard InChI is InChI=1S/C25H23F3N2O4S/c1-3-33-13-20-21(29-34-24(20)15-4-6-17(7-5-15)25(26,27)28)14-35-18-8-9-19-16(10-23(31)32)12-30(2)22(19)11-18/h4-9,11-12H,3,10,13-14H2,1-2H3,(H,31,32). The van der Waals surface area contributed by atoms with E-state index in [1.807, 2.05) is 42.9 Å². The van der Waals surface area contributed by atoms with Crippen molar-refractivity contribution in [3.63, 3.8) is 0 Å². The van der Waals surface area contributed by atoms with Crippen LogP contribution >= 0.6 is 11.8 Å². The molecule has 2 heterocycles. The molecule has 4 rings (SSSR count). The van der Waals surface area contributed by atoms with Crippen molar-refractivity contribution in [1.82, 2.24) is 9.72 Å². The maximum atomic E-state index is 12.9. The molecular weight excluding hydrogens is 481 g/mol. The van der Waals surface area contributed by atoms with Gasteiger partial charge in [-0.3, -0.25) is 4.79 Å². The van der Waals surface area contributed by atoms with Crippen LogP contribution in [0.5, 0.6) is 0 Å². The molecule has 0 radical (unpaired) electrons. The van der Waals surface area contributed by atoms with Gasteiger partial charge in [-0.05, 0) is 36.8 Å². The Kier molecular flexibility index (Phi) is 7.23. The third-order valence-corrected chi connectivity index (χ3v) is 6.56. The molecule has 0 unspecified atom stereocenters. The Morgan fingerprint density at radius 1 is 1.20 bits per heavy atom. The summed E-state index contributed by atoms with van der Waals surface area (Å²) >= 11 is 1.53. The topological polar surface area (TPSA) is 77.5 Å². The summed E-state index contributed by atoms with van der Waals surface area (Å²) in [5.74, 6) is -0.0311. The van der Waals surface area contributed by atoms with Gasteiger partial charge in [-0.1, -0.05) is 23.4 Å². The van der Waals surface area contributed by atoms with E-state index in [0.29, 0.717) is 34.9 Å². The Balaban J connectivity index is 1.57. The molecular formula is C25H23F3N2O4S. The van der Waals surface area contributed by atoms with Crippen LogP contribution in [-0.4, -0.2) is 27.4 Å². The van der Waals surface area contributed by atoms with Gasteiger partial charge in [-0.2, -0.15) is 13.2 Å². The average molecular weight is 505 g/mol. The summed E-state index contributed by atoms with van der Waals surface area (Å²) in [7, 11) is 1.87. The number of benzene rings is 2. The summed E-state index contributed by atoms with van der Waals surface area (Å²) in [6.07, 6.45) is -2.64. The number of carboxylic acid groups (broad SMARTS) is 1. The lowest BCUT2D eigenvalue weighted by molar-refractivity contribution is -0.138. The third kappa shape index (κ3) is 5.54. The van der Waals surface area contributed by atoms with Gasteiger partial charge < -0.3 is 18.9 Å². The lowest BCUT2D eigenvalue weighted by Gasteiger charge is -2.08. The van der Waals surface area contributed by atoms with Crippen LogP contribution in [0.25, 0.3) is 22.2 Å². The smallest absolute Gasteiger partial charge is 0.416 e. The van der Waals surface area contributed by atoms with E-state index < -0.39 is 17.7 Å². The van der Waals surface area contributed by atoms with E-state index in [-0.39, 0.29) is 13.0 Å². The lowest BCUT2D eigenvalue weighted by Crippen LogP contribution is -2.04. The number of rotatable bonds is 9. The molecule has 2 aromatic carbocycles. The first kappa shape index (κ1) is 24.9. The minimum absolute atomic E-state index is 0.0454. The van der Waals surface area contributed by atoms with E-state index in [1.54, 1.807) is 0 Å².